The molecule has 0 bridgehead atoms. The monoisotopic (exact) mass is 348 g/mol. The van der Waals surface area contributed by atoms with Crippen LogP contribution in [0.3, 0.4) is 0 Å². The maximum absolute atomic E-state index is 3.51. The van der Waals surface area contributed by atoms with Gasteiger partial charge >= 0.3 is 0 Å². The molecule has 0 fully saturated rings. The summed E-state index contributed by atoms with van der Waals surface area (Å²) in [5.41, 5.74) is 0.412. The molecular weight excluding hydrogens is 308 g/mol. The summed E-state index contributed by atoms with van der Waals surface area (Å²) in [5.74, 6) is 0. The maximum Gasteiger partial charge on any atom is 0.0250 e. The van der Waals surface area contributed by atoms with Crippen LogP contribution in [-0.2, 0) is 0 Å². The van der Waals surface area contributed by atoms with E-state index in [2.05, 4.69) is 102 Å². The van der Waals surface area contributed by atoms with Crippen molar-refractivity contribution in [2.24, 2.45) is 0 Å². The van der Waals surface area contributed by atoms with Crippen LogP contribution >= 0.6 is 21.6 Å². The van der Waals surface area contributed by atoms with Crippen molar-refractivity contribution in [1.82, 2.24) is 10.6 Å². The molecular formula is C18H40N2S2. The van der Waals surface area contributed by atoms with E-state index < -0.39 is 0 Å². The Bertz CT molecular complexity index is 325. The largest absolute Gasteiger partial charge is 0.315 e. The highest BCUT2D eigenvalue weighted by Crippen LogP contribution is 2.50. The third-order valence-corrected chi connectivity index (χ3v) is 9.23. The summed E-state index contributed by atoms with van der Waals surface area (Å²) < 4.78 is 0.565. The lowest BCUT2D eigenvalue weighted by Gasteiger charge is -2.40. The summed E-state index contributed by atoms with van der Waals surface area (Å²) in [4.78, 5) is 0. The second-order valence-electron chi connectivity index (χ2n) is 8.38. The highest BCUT2D eigenvalue weighted by Gasteiger charge is 2.36. The summed E-state index contributed by atoms with van der Waals surface area (Å²) >= 11 is 0. The lowest BCUT2D eigenvalue weighted by molar-refractivity contribution is 0.317. The van der Waals surface area contributed by atoms with Crippen molar-refractivity contribution >= 4 is 21.6 Å². The molecule has 2 N–H and O–H groups in total. The van der Waals surface area contributed by atoms with Crippen LogP contribution < -0.4 is 10.6 Å². The molecule has 0 aliphatic carbocycles. The average molecular weight is 349 g/mol. The van der Waals surface area contributed by atoms with Crippen molar-refractivity contribution in [3.8, 4) is 0 Å². The molecule has 0 heterocycles. The van der Waals surface area contributed by atoms with Crippen LogP contribution in [0.15, 0.2) is 0 Å². The third kappa shape index (κ3) is 7.94. The second kappa shape index (κ2) is 8.64. The molecule has 0 aliphatic rings. The van der Waals surface area contributed by atoms with Crippen LogP contribution in [0, 0.1) is 0 Å². The number of hydrogen-bond donors (Lipinski definition) is 2. The molecule has 0 aromatic rings. The number of nitrogens with one attached hydrogen (secondary N) is 2. The quantitative estimate of drug-likeness (QED) is 0.483. The van der Waals surface area contributed by atoms with Gasteiger partial charge in [0.2, 0.25) is 0 Å². The van der Waals surface area contributed by atoms with Gasteiger partial charge in [-0.1, -0.05) is 35.4 Å². The number of rotatable bonds is 11. The van der Waals surface area contributed by atoms with Crippen LogP contribution in [0.5, 0.6) is 0 Å². The minimum atomic E-state index is 0.186. The Balaban J connectivity index is 4.79. The zero-order valence-electron chi connectivity index (χ0n) is 16.6. The first kappa shape index (κ1) is 22.6. The Morgan fingerprint density at radius 1 is 0.727 bits per heavy atom. The fourth-order valence-corrected chi connectivity index (χ4v) is 6.14. The first-order valence-corrected chi connectivity index (χ1v) is 10.8. The topological polar surface area (TPSA) is 24.1 Å². The fraction of sp³-hybridized carbons (Fsp3) is 1.00. The van der Waals surface area contributed by atoms with Crippen molar-refractivity contribution in [2.75, 3.05) is 14.1 Å². The Hall–Kier alpha value is 0.620. The highest BCUT2D eigenvalue weighted by atomic mass is 33.1. The minimum Gasteiger partial charge on any atom is -0.315 e. The van der Waals surface area contributed by atoms with E-state index in [1.807, 2.05) is 0 Å². The van der Waals surface area contributed by atoms with E-state index in [-0.39, 0.29) is 15.8 Å². The van der Waals surface area contributed by atoms with Gasteiger partial charge in [-0.3, -0.25) is 0 Å². The molecule has 134 valence electrons. The normalized spacial score (nSPS) is 18.8. The first-order chi connectivity index (χ1) is 9.86. The summed E-state index contributed by atoms with van der Waals surface area (Å²) in [6, 6.07) is 0. The van der Waals surface area contributed by atoms with Crippen molar-refractivity contribution in [3.05, 3.63) is 0 Å². The lowest BCUT2D eigenvalue weighted by Crippen LogP contribution is -2.44. The molecule has 0 saturated heterocycles. The molecule has 2 nitrogen and oxygen atoms in total. The predicted molar refractivity (Wildman–Crippen MR) is 108 cm³/mol. The molecule has 0 rings (SSSR count). The van der Waals surface area contributed by atoms with E-state index in [1.54, 1.807) is 0 Å². The van der Waals surface area contributed by atoms with Crippen molar-refractivity contribution in [3.63, 3.8) is 0 Å². The van der Waals surface area contributed by atoms with Gasteiger partial charge in [0.25, 0.3) is 0 Å². The molecule has 0 radical (unpaired) electrons. The third-order valence-electron chi connectivity index (χ3n) is 4.91. The molecule has 0 aromatic heterocycles. The molecule has 0 aromatic carbocycles. The first-order valence-electron chi connectivity index (χ1n) is 8.61. The van der Waals surface area contributed by atoms with Gasteiger partial charge in [-0.25, -0.2) is 0 Å². The van der Waals surface area contributed by atoms with E-state index in [9.17, 15) is 0 Å². The van der Waals surface area contributed by atoms with E-state index >= 15 is 0 Å². The molecule has 2 unspecified atom stereocenters. The van der Waals surface area contributed by atoms with Crippen molar-refractivity contribution in [2.45, 2.75) is 102 Å². The van der Waals surface area contributed by atoms with Crippen LogP contribution in [0.25, 0.3) is 0 Å². The van der Waals surface area contributed by atoms with Gasteiger partial charge in [0.15, 0.2) is 0 Å². The Kier molecular flexibility index (Phi) is 8.88. The van der Waals surface area contributed by atoms with Crippen LogP contribution in [0.4, 0.5) is 0 Å². The van der Waals surface area contributed by atoms with Gasteiger partial charge < -0.3 is 10.6 Å². The van der Waals surface area contributed by atoms with E-state index in [4.69, 9.17) is 0 Å². The second-order valence-corrected chi connectivity index (χ2v) is 11.8. The van der Waals surface area contributed by atoms with Gasteiger partial charge in [0, 0.05) is 20.6 Å². The molecule has 22 heavy (non-hydrogen) atoms. The SMILES string of the molecule is CCC(C)(CC(C)(C)SSC(C)(CC)CC(C)(C)NC)NC. The van der Waals surface area contributed by atoms with Gasteiger partial charge in [-0.15, -0.1) is 0 Å². The Morgan fingerprint density at radius 3 is 1.64 bits per heavy atom. The average Bonchev–Trinajstić information content (AvgIpc) is 2.44. The van der Waals surface area contributed by atoms with Crippen LogP contribution in [-0.4, -0.2) is 34.7 Å². The van der Waals surface area contributed by atoms with Crippen LogP contribution in [0.1, 0.15) is 81.1 Å². The molecule has 0 amide bonds. The Labute approximate surface area is 148 Å². The Morgan fingerprint density at radius 2 is 1.27 bits per heavy atom. The van der Waals surface area contributed by atoms with Crippen molar-refractivity contribution < 1.29 is 0 Å². The molecule has 0 aliphatic heterocycles. The molecule has 0 spiro atoms. The summed E-state index contributed by atoms with van der Waals surface area (Å²) in [7, 11) is 8.30. The lowest BCUT2D eigenvalue weighted by atomic mass is 9.88. The maximum atomic E-state index is 3.51. The van der Waals surface area contributed by atoms with Gasteiger partial charge in [0.05, 0.1) is 0 Å². The van der Waals surface area contributed by atoms with Gasteiger partial charge in [-0.05, 0) is 81.3 Å². The molecule has 4 heteroatoms. The zero-order valence-corrected chi connectivity index (χ0v) is 18.3. The zero-order chi connectivity index (χ0) is 17.7. The molecule has 2 atom stereocenters. The van der Waals surface area contributed by atoms with E-state index in [0.717, 1.165) is 6.42 Å². The fourth-order valence-electron chi connectivity index (χ4n) is 2.81. The van der Waals surface area contributed by atoms with E-state index in [1.165, 1.54) is 19.3 Å². The van der Waals surface area contributed by atoms with Crippen molar-refractivity contribution in [1.29, 1.82) is 0 Å². The summed E-state index contributed by atoms with van der Waals surface area (Å²) in [6.07, 6.45) is 4.72. The van der Waals surface area contributed by atoms with Gasteiger partial charge in [-0.2, -0.15) is 0 Å². The molecule has 0 saturated carbocycles. The van der Waals surface area contributed by atoms with Gasteiger partial charge in [0.1, 0.15) is 0 Å². The van der Waals surface area contributed by atoms with Crippen LogP contribution in [0.2, 0.25) is 0 Å². The predicted octanol–water partition coefficient (Wildman–Crippen LogP) is 5.48. The summed E-state index contributed by atoms with van der Waals surface area (Å²) in [5, 5.41) is 6.96. The smallest absolute Gasteiger partial charge is 0.0250 e. The number of hydrogen-bond acceptors (Lipinski definition) is 4. The highest BCUT2D eigenvalue weighted by molar-refractivity contribution is 8.77. The van der Waals surface area contributed by atoms with E-state index in [0.29, 0.717) is 4.75 Å². The minimum absolute atomic E-state index is 0.186. The summed E-state index contributed by atoms with van der Waals surface area (Å²) in [6.45, 7) is 18.7. The standard InChI is InChI=1S/C18H40N2S2/c1-11-17(7,20-10)14-16(5,6)21-22-18(8,12-2)13-15(3,4)19-9/h19-20H,11-14H2,1-10H3.